The molecule has 1 saturated heterocycles. The Labute approximate surface area is 160 Å². The van der Waals surface area contributed by atoms with Gasteiger partial charge in [0.25, 0.3) is 0 Å². The lowest BCUT2D eigenvalue weighted by Gasteiger charge is -2.36. The van der Waals surface area contributed by atoms with E-state index in [0.29, 0.717) is 0 Å². The number of piperazine rings is 1. The molecule has 1 aromatic heterocycles. The van der Waals surface area contributed by atoms with Gasteiger partial charge in [-0.2, -0.15) is 0 Å². The van der Waals surface area contributed by atoms with Crippen molar-refractivity contribution in [3.63, 3.8) is 0 Å². The molecule has 1 aliphatic rings. The second-order valence-corrected chi connectivity index (χ2v) is 6.76. The second kappa shape index (κ2) is 8.27. The van der Waals surface area contributed by atoms with Crippen LogP contribution in [-0.2, 0) is 6.42 Å². The highest BCUT2D eigenvalue weighted by atomic mass is 16.5. The van der Waals surface area contributed by atoms with Crippen molar-refractivity contribution >= 4 is 5.69 Å². The quantitative estimate of drug-likeness (QED) is 0.668. The predicted molar refractivity (Wildman–Crippen MR) is 107 cm³/mol. The van der Waals surface area contributed by atoms with Gasteiger partial charge < -0.3 is 14.1 Å². The summed E-state index contributed by atoms with van der Waals surface area (Å²) in [5.41, 5.74) is 2.33. The first-order chi connectivity index (χ1) is 13.3. The zero-order chi connectivity index (χ0) is 18.5. The molecule has 2 heterocycles. The molecule has 5 heteroatoms. The molecule has 2 aromatic carbocycles. The highest BCUT2D eigenvalue weighted by Crippen LogP contribution is 2.22. The number of rotatable bonds is 6. The van der Waals surface area contributed by atoms with Crippen LogP contribution >= 0.6 is 0 Å². The lowest BCUT2D eigenvalue weighted by molar-refractivity contribution is 0.254. The van der Waals surface area contributed by atoms with Gasteiger partial charge in [-0.15, -0.1) is 0 Å². The van der Waals surface area contributed by atoms with Crippen molar-refractivity contribution in [3.05, 3.63) is 66.7 Å². The number of nitrogens with zero attached hydrogens (tertiary/aromatic N) is 3. The van der Waals surface area contributed by atoms with Gasteiger partial charge >= 0.3 is 0 Å². The highest BCUT2D eigenvalue weighted by Gasteiger charge is 2.18. The van der Waals surface area contributed by atoms with E-state index in [-0.39, 0.29) is 0 Å². The largest absolute Gasteiger partial charge is 0.497 e. The van der Waals surface area contributed by atoms with Crippen LogP contribution in [0.3, 0.4) is 0 Å². The van der Waals surface area contributed by atoms with E-state index in [9.17, 15) is 0 Å². The van der Waals surface area contributed by atoms with Gasteiger partial charge in [0.15, 0.2) is 11.7 Å². The van der Waals surface area contributed by atoms with E-state index in [4.69, 9.17) is 9.15 Å². The molecule has 1 aliphatic heterocycles. The Kier molecular flexibility index (Phi) is 5.39. The number of aromatic nitrogens is 1. The summed E-state index contributed by atoms with van der Waals surface area (Å²) in [6, 6.07) is 18.4. The van der Waals surface area contributed by atoms with E-state index >= 15 is 0 Å². The zero-order valence-corrected chi connectivity index (χ0v) is 15.7. The van der Waals surface area contributed by atoms with E-state index < -0.39 is 0 Å². The maximum absolute atomic E-state index is 5.91. The minimum absolute atomic E-state index is 0.812. The third-order valence-electron chi connectivity index (χ3n) is 5.06. The second-order valence-electron chi connectivity index (χ2n) is 6.76. The molecule has 0 aliphatic carbocycles. The summed E-state index contributed by atoms with van der Waals surface area (Å²) < 4.78 is 11.1. The highest BCUT2D eigenvalue weighted by molar-refractivity contribution is 5.55. The third kappa shape index (κ3) is 4.31. The van der Waals surface area contributed by atoms with Crippen LogP contribution in [0, 0.1) is 0 Å². The zero-order valence-electron chi connectivity index (χ0n) is 15.7. The smallest absolute Gasteiger partial charge is 0.196 e. The van der Waals surface area contributed by atoms with Gasteiger partial charge in [0.2, 0.25) is 0 Å². The number of methoxy groups -OCH3 is 1. The Morgan fingerprint density at radius 2 is 1.70 bits per heavy atom. The van der Waals surface area contributed by atoms with Crippen molar-refractivity contribution in [2.45, 2.75) is 6.42 Å². The minimum atomic E-state index is 0.812. The molecule has 3 aromatic rings. The third-order valence-corrected chi connectivity index (χ3v) is 5.06. The SMILES string of the molecule is COc1ccc(N2CCN(CCc3ncc(-c4ccccc4)o3)CC2)cc1. The molecule has 0 amide bonds. The fourth-order valence-corrected chi connectivity index (χ4v) is 3.44. The first-order valence-electron chi connectivity index (χ1n) is 9.43. The van der Waals surface area contributed by atoms with Crippen LogP contribution in [0.5, 0.6) is 5.75 Å². The first kappa shape index (κ1) is 17.6. The molecule has 0 N–H and O–H groups in total. The monoisotopic (exact) mass is 363 g/mol. The fraction of sp³-hybridized carbons (Fsp3) is 0.318. The molecule has 5 nitrogen and oxygen atoms in total. The van der Waals surface area contributed by atoms with Gasteiger partial charge in [0.05, 0.1) is 13.3 Å². The van der Waals surface area contributed by atoms with Gasteiger partial charge in [0, 0.05) is 50.4 Å². The maximum atomic E-state index is 5.91. The van der Waals surface area contributed by atoms with Crippen molar-refractivity contribution < 1.29 is 9.15 Å². The van der Waals surface area contributed by atoms with Crippen LogP contribution in [0.2, 0.25) is 0 Å². The Bertz CT molecular complexity index is 838. The lowest BCUT2D eigenvalue weighted by Crippen LogP contribution is -2.47. The number of ether oxygens (including phenoxy) is 1. The van der Waals surface area contributed by atoms with Gasteiger partial charge in [-0.05, 0) is 24.3 Å². The van der Waals surface area contributed by atoms with Gasteiger partial charge in [-0.1, -0.05) is 30.3 Å². The van der Waals surface area contributed by atoms with Crippen LogP contribution < -0.4 is 9.64 Å². The average molecular weight is 363 g/mol. The van der Waals surface area contributed by atoms with Crippen molar-refractivity contribution in [1.82, 2.24) is 9.88 Å². The van der Waals surface area contributed by atoms with Crippen molar-refractivity contribution in [2.24, 2.45) is 0 Å². The Morgan fingerprint density at radius 1 is 0.963 bits per heavy atom. The molecular weight excluding hydrogens is 338 g/mol. The number of oxazole rings is 1. The molecule has 27 heavy (non-hydrogen) atoms. The Hall–Kier alpha value is -2.79. The summed E-state index contributed by atoms with van der Waals surface area (Å²) in [6.45, 7) is 5.15. The summed E-state index contributed by atoms with van der Waals surface area (Å²) in [5, 5.41) is 0. The van der Waals surface area contributed by atoms with Gasteiger partial charge in [-0.3, -0.25) is 4.90 Å². The van der Waals surface area contributed by atoms with Crippen molar-refractivity contribution in [2.75, 3.05) is 44.7 Å². The summed E-state index contributed by atoms with van der Waals surface area (Å²) in [5.74, 6) is 2.56. The maximum Gasteiger partial charge on any atom is 0.196 e. The van der Waals surface area contributed by atoms with E-state index in [1.54, 1.807) is 7.11 Å². The Balaban J connectivity index is 1.26. The molecule has 0 radical (unpaired) electrons. The number of anilines is 1. The van der Waals surface area contributed by atoms with Crippen molar-refractivity contribution in [3.8, 4) is 17.1 Å². The molecule has 1 fully saturated rings. The van der Waals surface area contributed by atoms with E-state index in [1.807, 2.05) is 48.7 Å². The van der Waals surface area contributed by atoms with Crippen LogP contribution in [0.15, 0.2) is 65.2 Å². The lowest BCUT2D eigenvalue weighted by atomic mass is 10.2. The predicted octanol–water partition coefficient (Wildman–Crippen LogP) is 3.71. The topological polar surface area (TPSA) is 41.7 Å². The molecule has 0 saturated carbocycles. The summed E-state index contributed by atoms with van der Waals surface area (Å²) in [6.07, 6.45) is 2.67. The molecule has 0 atom stereocenters. The molecule has 0 spiro atoms. The molecule has 0 unspecified atom stereocenters. The van der Waals surface area contributed by atoms with Crippen LogP contribution in [0.25, 0.3) is 11.3 Å². The van der Waals surface area contributed by atoms with Crippen LogP contribution in [-0.4, -0.2) is 49.7 Å². The van der Waals surface area contributed by atoms with Crippen LogP contribution in [0.4, 0.5) is 5.69 Å². The van der Waals surface area contributed by atoms with E-state index in [1.165, 1.54) is 5.69 Å². The normalized spacial score (nSPS) is 15.1. The summed E-state index contributed by atoms with van der Waals surface area (Å²) >= 11 is 0. The molecule has 0 bridgehead atoms. The summed E-state index contributed by atoms with van der Waals surface area (Å²) in [7, 11) is 1.70. The van der Waals surface area contributed by atoms with Gasteiger partial charge in [0.1, 0.15) is 5.75 Å². The number of hydrogen-bond acceptors (Lipinski definition) is 5. The molecule has 140 valence electrons. The van der Waals surface area contributed by atoms with E-state index in [0.717, 1.165) is 62.1 Å². The number of hydrogen-bond donors (Lipinski definition) is 0. The van der Waals surface area contributed by atoms with Gasteiger partial charge in [-0.25, -0.2) is 4.98 Å². The first-order valence-corrected chi connectivity index (χ1v) is 9.43. The molecule has 4 rings (SSSR count). The molecular formula is C22H25N3O2. The fourth-order valence-electron chi connectivity index (χ4n) is 3.44. The minimum Gasteiger partial charge on any atom is -0.497 e. The summed E-state index contributed by atoms with van der Waals surface area (Å²) in [4.78, 5) is 9.34. The Morgan fingerprint density at radius 3 is 2.41 bits per heavy atom. The standard InChI is InChI=1S/C22H25N3O2/c1-26-20-9-7-19(8-10-20)25-15-13-24(14-16-25)12-11-22-23-17-21(27-22)18-5-3-2-4-6-18/h2-10,17H,11-16H2,1H3. The van der Waals surface area contributed by atoms with E-state index in [2.05, 4.69) is 26.9 Å². The average Bonchev–Trinajstić information content (AvgIpc) is 3.22. The van der Waals surface area contributed by atoms with Crippen molar-refractivity contribution in [1.29, 1.82) is 0 Å². The van der Waals surface area contributed by atoms with Crippen LogP contribution in [0.1, 0.15) is 5.89 Å². The number of benzene rings is 2.